The molecule has 0 aromatic carbocycles. The third-order valence-corrected chi connectivity index (χ3v) is 5.54. The van der Waals surface area contributed by atoms with E-state index in [4.69, 9.17) is 0 Å². The monoisotopic (exact) mass is 192 g/mol. The van der Waals surface area contributed by atoms with Crippen LogP contribution in [0.15, 0.2) is 12.2 Å². The molecule has 14 heavy (non-hydrogen) atoms. The van der Waals surface area contributed by atoms with Crippen molar-refractivity contribution in [2.24, 2.45) is 29.1 Å². The first-order chi connectivity index (χ1) is 6.68. The molecule has 3 aliphatic rings. The van der Waals surface area contributed by atoms with Gasteiger partial charge in [-0.3, -0.25) is 0 Å². The number of hydrogen-bond donors (Lipinski definition) is 1. The number of allylic oxidation sites excluding steroid dienone is 1. The van der Waals surface area contributed by atoms with Crippen molar-refractivity contribution in [1.29, 1.82) is 0 Å². The highest BCUT2D eigenvalue weighted by molar-refractivity contribution is 5.28. The summed E-state index contributed by atoms with van der Waals surface area (Å²) in [7, 11) is 0. The second-order valence-corrected chi connectivity index (χ2v) is 5.79. The summed E-state index contributed by atoms with van der Waals surface area (Å²) in [5, 5.41) is 9.46. The number of hydrogen-bond acceptors (Lipinski definition) is 1. The molecule has 1 heteroatoms. The highest BCUT2D eigenvalue weighted by Crippen LogP contribution is 2.68. The maximum Gasteiger partial charge on any atom is 0.0467 e. The maximum absolute atomic E-state index is 9.46. The molecule has 1 nitrogen and oxygen atoms in total. The van der Waals surface area contributed by atoms with Crippen molar-refractivity contribution in [3.05, 3.63) is 12.2 Å². The van der Waals surface area contributed by atoms with E-state index in [0.717, 1.165) is 11.8 Å². The zero-order chi connectivity index (χ0) is 9.92. The van der Waals surface area contributed by atoms with E-state index in [9.17, 15) is 5.11 Å². The van der Waals surface area contributed by atoms with E-state index in [1.807, 2.05) is 0 Å². The summed E-state index contributed by atoms with van der Waals surface area (Å²) in [6.07, 6.45) is 5.38. The van der Waals surface area contributed by atoms with Gasteiger partial charge in [0.2, 0.25) is 0 Å². The van der Waals surface area contributed by atoms with Gasteiger partial charge in [-0.05, 0) is 48.3 Å². The minimum atomic E-state index is 0.390. The third kappa shape index (κ3) is 0.809. The van der Waals surface area contributed by atoms with Gasteiger partial charge < -0.3 is 5.11 Å². The standard InChI is InChI=1S/C13H20O/c1-8-10-6-12-9(11(10)7-14)4-3-5-13(8,12)2/h9-12,14H,1,3-7H2,2H3/t9-,10+,11-,12+,13+/m1/s1. The molecule has 3 rings (SSSR count). The van der Waals surface area contributed by atoms with E-state index >= 15 is 0 Å². The molecule has 0 saturated heterocycles. The molecule has 3 aliphatic carbocycles. The minimum Gasteiger partial charge on any atom is -0.396 e. The van der Waals surface area contributed by atoms with Crippen molar-refractivity contribution >= 4 is 0 Å². The Kier molecular flexibility index (Phi) is 1.69. The Morgan fingerprint density at radius 3 is 3.07 bits per heavy atom. The molecule has 0 radical (unpaired) electrons. The van der Waals surface area contributed by atoms with Crippen molar-refractivity contribution in [3.8, 4) is 0 Å². The molecule has 5 atom stereocenters. The second kappa shape index (κ2) is 2.63. The minimum absolute atomic E-state index is 0.390. The summed E-state index contributed by atoms with van der Waals surface area (Å²) in [5.74, 6) is 2.88. The Hall–Kier alpha value is -0.300. The average Bonchev–Trinajstić information content (AvgIpc) is 2.66. The summed E-state index contributed by atoms with van der Waals surface area (Å²) in [6, 6.07) is 0. The van der Waals surface area contributed by atoms with Crippen LogP contribution in [0.1, 0.15) is 32.6 Å². The van der Waals surface area contributed by atoms with Gasteiger partial charge in [0.05, 0.1) is 0 Å². The molecule has 0 spiro atoms. The van der Waals surface area contributed by atoms with E-state index < -0.39 is 0 Å². The zero-order valence-electron chi connectivity index (χ0n) is 9.00. The molecule has 2 bridgehead atoms. The van der Waals surface area contributed by atoms with Crippen LogP contribution in [0.4, 0.5) is 0 Å². The molecule has 1 N–H and O–H groups in total. The third-order valence-electron chi connectivity index (χ3n) is 5.54. The first-order valence-electron chi connectivity index (χ1n) is 5.98. The predicted molar refractivity (Wildman–Crippen MR) is 56.8 cm³/mol. The molecule has 0 aliphatic heterocycles. The van der Waals surface area contributed by atoms with Gasteiger partial charge in [0, 0.05) is 6.61 Å². The Morgan fingerprint density at radius 2 is 2.36 bits per heavy atom. The fourth-order valence-corrected chi connectivity index (χ4v) is 4.74. The van der Waals surface area contributed by atoms with Gasteiger partial charge in [0.1, 0.15) is 0 Å². The van der Waals surface area contributed by atoms with Crippen LogP contribution in [0.25, 0.3) is 0 Å². The molecular weight excluding hydrogens is 172 g/mol. The van der Waals surface area contributed by atoms with E-state index in [2.05, 4.69) is 13.5 Å². The first-order valence-corrected chi connectivity index (χ1v) is 5.98. The lowest BCUT2D eigenvalue weighted by atomic mass is 9.57. The Bertz CT molecular complexity index is 283. The van der Waals surface area contributed by atoms with Crippen LogP contribution >= 0.6 is 0 Å². The largest absolute Gasteiger partial charge is 0.396 e. The van der Waals surface area contributed by atoms with Gasteiger partial charge in [-0.25, -0.2) is 0 Å². The first kappa shape index (κ1) is 8.96. The van der Waals surface area contributed by atoms with Crippen molar-refractivity contribution in [2.75, 3.05) is 6.61 Å². The number of aliphatic hydroxyl groups is 1. The van der Waals surface area contributed by atoms with Crippen LogP contribution in [0.2, 0.25) is 0 Å². The van der Waals surface area contributed by atoms with Crippen LogP contribution < -0.4 is 0 Å². The fourth-order valence-electron chi connectivity index (χ4n) is 4.74. The summed E-state index contributed by atoms with van der Waals surface area (Å²) in [5.41, 5.74) is 1.91. The smallest absolute Gasteiger partial charge is 0.0467 e. The molecule has 0 aromatic rings. The van der Waals surface area contributed by atoms with Crippen LogP contribution in [0.3, 0.4) is 0 Å². The Morgan fingerprint density at radius 1 is 1.57 bits per heavy atom. The van der Waals surface area contributed by atoms with E-state index in [-0.39, 0.29) is 0 Å². The Labute approximate surface area is 86.2 Å². The lowest BCUT2D eigenvalue weighted by molar-refractivity contribution is 0.0475. The van der Waals surface area contributed by atoms with E-state index in [1.165, 1.54) is 31.3 Å². The molecule has 3 fully saturated rings. The van der Waals surface area contributed by atoms with Gasteiger partial charge in [-0.15, -0.1) is 0 Å². The van der Waals surface area contributed by atoms with Crippen LogP contribution in [-0.4, -0.2) is 11.7 Å². The van der Waals surface area contributed by atoms with Crippen LogP contribution in [0, 0.1) is 29.1 Å². The van der Waals surface area contributed by atoms with E-state index in [1.54, 1.807) is 0 Å². The zero-order valence-corrected chi connectivity index (χ0v) is 9.00. The van der Waals surface area contributed by atoms with Crippen LogP contribution in [-0.2, 0) is 0 Å². The highest BCUT2D eigenvalue weighted by Gasteiger charge is 2.60. The van der Waals surface area contributed by atoms with Crippen molar-refractivity contribution in [3.63, 3.8) is 0 Å². The van der Waals surface area contributed by atoms with E-state index in [0.29, 0.717) is 23.9 Å². The summed E-state index contributed by atoms with van der Waals surface area (Å²) in [4.78, 5) is 0. The van der Waals surface area contributed by atoms with Crippen molar-refractivity contribution < 1.29 is 5.11 Å². The van der Waals surface area contributed by atoms with Crippen molar-refractivity contribution in [1.82, 2.24) is 0 Å². The normalized spacial score (nSPS) is 55.4. The molecule has 3 saturated carbocycles. The highest BCUT2D eigenvalue weighted by atomic mass is 16.3. The summed E-state index contributed by atoms with van der Waals surface area (Å²) in [6.45, 7) is 7.12. The summed E-state index contributed by atoms with van der Waals surface area (Å²) >= 11 is 0. The molecule has 0 heterocycles. The number of rotatable bonds is 1. The predicted octanol–water partition coefficient (Wildman–Crippen LogP) is 2.61. The lowest BCUT2D eigenvalue weighted by Crippen LogP contribution is -2.41. The average molecular weight is 192 g/mol. The summed E-state index contributed by atoms with van der Waals surface area (Å²) < 4.78 is 0. The van der Waals surface area contributed by atoms with Gasteiger partial charge >= 0.3 is 0 Å². The number of aliphatic hydroxyl groups excluding tert-OH is 1. The number of fused-ring (bicyclic) bond motifs is 1. The topological polar surface area (TPSA) is 20.2 Å². The fraction of sp³-hybridized carbons (Fsp3) is 0.846. The molecule has 0 amide bonds. The van der Waals surface area contributed by atoms with Gasteiger partial charge in [0.15, 0.2) is 0 Å². The van der Waals surface area contributed by atoms with Gasteiger partial charge in [0.25, 0.3) is 0 Å². The quantitative estimate of drug-likeness (QED) is 0.633. The van der Waals surface area contributed by atoms with Gasteiger partial charge in [-0.2, -0.15) is 0 Å². The van der Waals surface area contributed by atoms with Crippen molar-refractivity contribution in [2.45, 2.75) is 32.6 Å². The Balaban J connectivity index is 2.01. The lowest BCUT2D eigenvalue weighted by Gasteiger charge is -2.48. The molecule has 78 valence electrons. The maximum atomic E-state index is 9.46. The van der Waals surface area contributed by atoms with Crippen LogP contribution in [0.5, 0.6) is 0 Å². The SMILES string of the molecule is C=C1[C@@H]2C[C@H]3[C@H](CCC[C@@]13C)[C@H]2CO. The molecule has 0 unspecified atom stereocenters. The second-order valence-electron chi connectivity index (χ2n) is 5.79. The molecular formula is C13H20O. The van der Waals surface area contributed by atoms with Gasteiger partial charge in [-0.1, -0.05) is 25.5 Å². The molecule has 0 aromatic heterocycles.